The molecule has 0 aliphatic carbocycles. The summed E-state index contributed by atoms with van der Waals surface area (Å²) >= 11 is 2.13. The molecule has 0 radical (unpaired) electrons. The van der Waals surface area contributed by atoms with Crippen LogP contribution in [0.4, 0.5) is 0 Å². The van der Waals surface area contributed by atoms with Crippen LogP contribution < -0.4 is 5.32 Å². The fraction of sp³-hybridized carbons (Fsp3) is 0.333. The van der Waals surface area contributed by atoms with Crippen LogP contribution >= 0.6 is 23.5 Å². The standard InChI is InChI=1S/C18H18N6O9S3/c25-10-3-1-8(2-4-10)13(26)14(27)19-11-15(28)24-12(17(29)30)9(5-34-16(11)24)6-35-18-20-21-22-23(18)7-36(31,32)33/h1-4,11,13,16,25-26H,5-7H2,(H,19,27)(H,29,30)(H,31,32,33)/t11-,13-,16-/m1/s1. The van der Waals surface area contributed by atoms with E-state index in [1.165, 1.54) is 36.0 Å². The Morgan fingerprint density at radius 2 is 1.97 bits per heavy atom. The molecule has 36 heavy (non-hydrogen) atoms. The van der Waals surface area contributed by atoms with Gasteiger partial charge in [0.1, 0.15) is 22.9 Å². The van der Waals surface area contributed by atoms with Gasteiger partial charge in [-0.15, -0.1) is 16.9 Å². The van der Waals surface area contributed by atoms with Gasteiger partial charge in [-0.05, 0) is 33.7 Å². The third kappa shape index (κ3) is 5.31. The number of aromatic hydroxyl groups is 1. The number of phenols is 1. The number of phenolic OH excluding ortho intramolecular Hbond substituents is 1. The Labute approximate surface area is 211 Å². The van der Waals surface area contributed by atoms with Crippen molar-refractivity contribution in [1.82, 2.24) is 30.4 Å². The highest BCUT2D eigenvalue weighted by atomic mass is 32.2. The Kier molecular flexibility index (Phi) is 7.23. The molecule has 1 saturated heterocycles. The molecule has 1 fully saturated rings. The monoisotopic (exact) mass is 558 g/mol. The van der Waals surface area contributed by atoms with Crippen molar-refractivity contribution in [2.24, 2.45) is 0 Å². The van der Waals surface area contributed by atoms with Gasteiger partial charge in [-0.3, -0.25) is 19.0 Å². The number of aliphatic hydroxyl groups is 1. The lowest BCUT2D eigenvalue weighted by Gasteiger charge is -2.49. The molecule has 2 aliphatic rings. The second kappa shape index (κ2) is 10.1. The number of fused-ring (bicyclic) bond motifs is 1. The molecular formula is C18H18N6O9S3. The second-order valence-electron chi connectivity index (χ2n) is 7.61. The molecule has 192 valence electrons. The van der Waals surface area contributed by atoms with Gasteiger partial charge in [0.05, 0.1) is 0 Å². The maximum absolute atomic E-state index is 12.8. The van der Waals surface area contributed by atoms with E-state index in [0.29, 0.717) is 5.57 Å². The number of hydrogen-bond acceptors (Lipinski definition) is 12. The van der Waals surface area contributed by atoms with Crippen molar-refractivity contribution in [2.45, 2.75) is 28.6 Å². The number of amides is 2. The van der Waals surface area contributed by atoms with Crippen LogP contribution in [0, 0.1) is 0 Å². The van der Waals surface area contributed by atoms with E-state index >= 15 is 0 Å². The van der Waals surface area contributed by atoms with Gasteiger partial charge >= 0.3 is 5.97 Å². The molecular weight excluding hydrogens is 540 g/mol. The van der Waals surface area contributed by atoms with Crippen LogP contribution in [0.15, 0.2) is 40.7 Å². The lowest BCUT2D eigenvalue weighted by molar-refractivity contribution is -0.151. The van der Waals surface area contributed by atoms with Crippen LogP contribution in [0.2, 0.25) is 0 Å². The number of nitrogens with zero attached hydrogens (tertiary/aromatic N) is 5. The number of carboxylic acids is 1. The first-order valence-corrected chi connectivity index (χ1v) is 13.6. The lowest BCUT2D eigenvalue weighted by Crippen LogP contribution is -2.70. The Morgan fingerprint density at radius 1 is 1.28 bits per heavy atom. The minimum Gasteiger partial charge on any atom is -0.508 e. The van der Waals surface area contributed by atoms with E-state index in [9.17, 15) is 38.1 Å². The zero-order chi connectivity index (χ0) is 26.2. The maximum Gasteiger partial charge on any atom is 0.352 e. The van der Waals surface area contributed by atoms with Crippen molar-refractivity contribution in [3.63, 3.8) is 0 Å². The number of rotatable bonds is 9. The SMILES string of the molecule is O=C(O)C1=C(CSc2nnnn2CS(=O)(=O)O)CS[C@@H]2[C@H](NC(=O)[C@H](O)c3ccc(O)cc3)C(=O)N12. The molecule has 18 heteroatoms. The van der Waals surface area contributed by atoms with Gasteiger partial charge in [0, 0.05) is 11.5 Å². The Balaban J connectivity index is 1.45. The molecule has 4 rings (SSSR count). The van der Waals surface area contributed by atoms with Crippen molar-refractivity contribution in [3.05, 3.63) is 41.1 Å². The molecule has 0 bridgehead atoms. The first-order chi connectivity index (χ1) is 17.0. The van der Waals surface area contributed by atoms with Gasteiger partial charge in [-0.1, -0.05) is 23.9 Å². The maximum atomic E-state index is 12.8. The van der Waals surface area contributed by atoms with E-state index in [1.807, 2.05) is 0 Å². The normalized spacial score (nSPS) is 20.5. The molecule has 3 atom stereocenters. The van der Waals surface area contributed by atoms with E-state index in [0.717, 1.165) is 21.3 Å². The highest BCUT2D eigenvalue weighted by Crippen LogP contribution is 2.41. The minimum atomic E-state index is -4.41. The van der Waals surface area contributed by atoms with E-state index in [4.69, 9.17) is 4.55 Å². The highest BCUT2D eigenvalue weighted by molar-refractivity contribution is 8.01. The molecule has 2 aromatic rings. The van der Waals surface area contributed by atoms with Gasteiger partial charge in [-0.2, -0.15) is 8.42 Å². The van der Waals surface area contributed by atoms with Crippen LogP contribution in [-0.4, -0.2) is 94.1 Å². The van der Waals surface area contributed by atoms with Crippen molar-refractivity contribution >= 4 is 51.4 Å². The number of carbonyl (C=O) groups excluding carboxylic acids is 2. The topological polar surface area (TPSA) is 225 Å². The number of tetrazole rings is 1. The summed E-state index contributed by atoms with van der Waals surface area (Å²) in [6.45, 7) is 0. The second-order valence-corrected chi connectivity index (χ2v) is 11.1. The summed E-state index contributed by atoms with van der Waals surface area (Å²) in [5, 5.41) is 41.6. The summed E-state index contributed by atoms with van der Waals surface area (Å²) in [7, 11) is -4.41. The van der Waals surface area contributed by atoms with Crippen LogP contribution in [0.25, 0.3) is 0 Å². The van der Waals surface area contributed by atoms with Crippen LogP contribution in [0.3, 0.4) is 0 Å². The van der Waals surface area contributed by atoms with Crippen LogP contribution in [0.5, 0.6) is 5.75 Å². The molecule has 0 unspecified atom stereocenters. The first kappa shape index (κ1) is 25.9. The van der Waals surface area contributed by atoms with Crippen LogP contribution in [0.1, 0.15) is 11.7 Å². The smallest absolute Gasteiger partial charge is 0.352 e. The van der Waals surface area contributed by atoms with Gasteiger partial charge in [-0.25, -0.2) is 9.48 Å². The largest absolute Gasteiger partial charge is 0.508 e. The summed E-state index contributed by atoms with van der Waals surface area (Å²) in [6, 6.07) is 4.24. The predicted molar refractivity (Wildman–Crippen MR) is 123 cm³/mol. The van der Waals surface area contributed by atoms with Crippen molar-refractivity contribution in [1.29, 1.82) is 0 Å². The van der Waals surface area contributed by atoms with Gasteiger partial charge in [0.2, 0.25) is 5.16 Å². The predicted octanol–water partition coefficient (Wildman–Crippen LogP) is -1.21. The first-order valence-electron chi connectivity index (χ1n) is 9.97. The molecule has 1 aromatic heterocycles. The van der Waals surface area contributed by atoms with Gasteiger partial charge in [0.25, 0.3) is 21.9 Å². The van der Waals surface area contributed by atoms with Crippen molar-refractivity contribution < 1.29 is 42.7 Å². The number of aliphatic carboxylic acids is 1. The zero-order valence-corrected chi connectivity index (χ0v) is 20.4. The number of hydrogen-bond donors (Lipinski definition) is 5. The number of carboxylic acid groups (broad SMARTS) is 1. The number of β-lactam (4-membered cyclic amide) rings is 1. The molecule has 2 amide bonds. The minimum absolute atomic E-state index is 0.00752. The van der Waals surface area contributed by atoms with Gasteiger partial charge < -0.3 is 20.6 Å². The lowest BCUT2D eigenvalue weighted by atomic mass is 10.0. The average molecular weight is 559 g/mol. The fourth-order valence-electron chi connectivity index (χ4n) is 3.52. The van der Waals surface area contributed by atoms with Crippen molar-refractivity contribution in [3.8, 4) is 5.75 Å². The molecule has 1 aromatic carbocycles. The third-order valence-electron chi connectivity index (χ3n) is 5.16. The van der Waals surface area contributed by atoms with E-state index < -0.39 is 51.3 Å². The fourth-order valence-corrected chi connectivity index (χ4v) is 6.45. The molecule has 5 N–H and O–H groups in total. The Morgan fingerprint density at radius 3 is 2.61 bits per heavy atom. The molecule has 0 spiro atoms. The zero-order valence-electron chi connectivity index (χ0n) is 18.0. The summed E-state index contributed by atoms with van der Waals surface area (Å²) in [6.07, 6.45) is -1.60. The molecule has 2 aliphatic heterocycles. The number of aromatic nitrogens is 4. The molecule has 15 nitrogen and oxygen atoms in total. The quantitative estimate of drug-likeness (QED) is 0.138. The summed E-state index contributed by atoms with van der Waals surface area (Å²) < 4.78 is 32.0. The Bertz CT molecular complexity index is 1340. The Hall–Kier alpha value is -3.19. The number of thioether (sulfide) groups is 2. The number of carbonyl (C=O) groups is 3. The summed E-state index contributed by atoms with van der Waals surface area (Å²) in [5.74, 6) is -3.64. The van der Waals surface area contributed by atoms with Gasteiger partial charge in [0.15, 0.2) is 12.0 Å². The summed E-state index contributed by atoms with van der Waals surface area (Å²) in [5.41, 5.74) is 0.277. The number of aliphatic hydroxyl groups excluding tert-OH is 1. The highest BCUT2D eigenvalue weighted by Gasteiger charge is 2.54. The van der Waals surface area contributed by atoms with Crippen molar-refractivity contribution in [2.75, 3.05) is 11.5 Å². The number of benzene rings is 1. The molecule has 3 heterocycles. The molecule has 0 saturated carbocycles. The van der Waals surface area contributed by atoms with E-state index in [1.54, 1.807) is 0 Å². The number of nitrogens with one attached hydrogen (secondary N) is 1. The average Bonchev–Trinajstić information content (AvgIpc) is 3.25. The van der Waals surface area contributed by atoms with E-state index in [2.05, 4.69) is 20.8 Å². The van der Waals surface area contributed by atoms with Crippen LogP contribution in [-0.2, 0) is 30.4 Å². The summed E-state index contributed by atoms with van der Waals surface area (Å²) in [4.78, 5) is 38.3. The third-order valence-corrected chi connectivity index (χ3v) is 8.12. The van der Waals surface area contributed by atoms with E-state index in [-0.39, 0.29) is 33.7 Å².